The van der Waals surface area contributed by atoms with Gasteiger partial charge < -0.3 is 14.4 Å². The number of hydrogen-bond donors (Lipinski definition) is 1. The van der Waals surface area contributed by atoms with Gasteiger partial charge in [0.1, 0.15) is 18.0 Å². The maximum Gasteiger partial charge on any atom is 0.410 e. The molecule has 2 amide bonds. The number of thiazole rings is 2. The van der Waals surface area contributed by atoms with Crippen molar-refractivity contribution in [1.82, 2.24) is 14.9 Å². The molecule has 0 fully saturated rings. The summed E-state index contributed by atoms with van der Waals surface area (Å²) >= 11 is 2.90. The van der Waals surface area contributed by atoms with Gasteiger partial charge in [-0.2, -0.15) is 0 Å². The molecule has 168 valence electrons. The smallest absolute Gasteiger partial charge is 0.410 e. The van der Waals surface area contributed by atoms with Gasteiger partial charge in [-0.15, -0.1) is 11.3 Å². The molecular formula is C22H24N4O4S2. The Kier molecular flexibility index (Phi) is 6.43. The van der Waals surface area contributed by atoms with Crippen molar-refractivity contribution in [1.29, 1.82) is 0 Å². The molecule has 0 radical (unpaired) electrons. The summed E-state index contributed by atoms with van der Waals surface area (Å²) in [6.07, 6.45) is 0.297. The molecule has 0 spiro atoms. The number of benzene rings is 1. The van der Waals surface area contributed by atoms with Gasteiger partial charge >= 0.3 is 6.09 Å². The van der Waals surface area contributed by atoms with Crippen LogP contribution in [0.3, 0.4) is 0 Å². The van der Waals surface area contributed by atoms with Crippen LogP contribution in [0.25, 0.3) is 0 Å². The monoisotopic (exact) mass is 472 g/mol. The molecule has 1 aliphatic heterocycles. The van der Waals surface area contributed by atoms with Crippen molar-refractivity contribution in [3.05, 3.63) is 57.0 Å². The fraction of sp³-hybridized carbons (Fsp3) is 0.364. The Balaban J connectivity index is 1.34. The summed E-state index contributed by atoms with van der Waals surface area (Å²) in [6, 6.07) is 6.94. The Labute approximate surface area is 194 Å². The van der Waals surface area contributed by atoms with Gasteiger partial charge in [0, 0.05) is 28.8 Å². The maximum absolute atomic E-state index is 12.6. The molecular weight excluding hydrogens is 448 g/mol. The first-order valence-electron chi connectivity index (χ1n) is 10.1. The van der Waals surface area contributed by atoms with Crippen LogP contribution in [0.1, 0.15) is 47.4 Å². The Morgan fingerprint density at radius 3 is 2.69 bits per heavy atom. The Hall–Kier alpha value is -2.98. The average molecular weight is 473 g/mol. The van der Waals surface area contributed by atoms with Crippen molar-refractivity contribution in [3.8, 4) is 5.75 Å². The number of carbonyl (C=O) groups is 2. The minimum atomic E-state index is -0.536. The predicted molar refractivity (Wildman–Crippen MR) is 123 cm³/mol. The summed E-state index contributed by atoms with van der Waals surface area (Å²) in [5.41, 5.74) is 3.52. The van der Waals surface area contributed by atoms with Crippen LogP contribution < -0.4 is 10.1 Å². The summed E-state index contributed by atoms with van der Waals surface area (Å²) in [6.45, 7) is 6.91. The van der Waals surface area contributed by atoms with Gasteiger partial charge in [0.05, 0.1) is 23.4 Å². The predicted octanol–water partition coefficient (Wildman–Crippen LogP) is 4.72. The van der Waals surface area contributed by atoms with Gasteiger partial charge in [-0.3, -0.25) is 10.1 Å². The Morgan fingerprint density at radius 1 is 1.22 bits per heavy atom. The second-order valence-corrected chi connectivity index (χ2v) is 10.1. The number of nitrogens with zero attached hydrogens (tertiary/aromatic N) is 3. The average Bonchev–Trinajstić information content (AvgIpc) is 3.40. The molecule has 3 heterocycles. The van der Waals surface area contributed by atoms with E-state index in [-0.39, 0.29) is 12.0 Å². The lowest BCUT2D eigenvalue weighted by Gasteiger charge is -2.29. The number of aromatic nitrogens is 2. The molecule has 0 atom stereocenters. The van der Waals surface area contributed by atoms with Gasteiger partial charge in [0.15, 0.2) is 5.13 Å². The van der Waals surface area contributed by atoms with Crippen LogP contribution in [0.2, 0.25) is 0 Å². The van der Waals surface area contributed by atoms with Crippen LogP contribution in [0.5, 0.6) is 5.75 Å². The number of ether oxygens (including phenoxy) is 2. The quantitative estimate of drug-likeness (QED) is 0.577. The van der Waals surface area contributed by atoms with Gasteiger partial charge in [-0.05, 0) is 45.0 Å². The van der Waals surface area contributed by atoms with Gasteiger partial charge in [0.25, 0.3) is 5.91 Å². The molecule has 0 saturated heterocycles. The number of carbonyl (C=O) groups excluding carboxylic acids is 2. The molecule has 10 heteroatoms. The van der Waals surface area contributed by atoms with Crippen LogP contribution in [-0.4, -0.2) is 39.0 Å². The van der Waals surface area contributed by atoms with Crippen LogP contribution in [0.4, 0.5) is 9.93 Å². The van der Waals surface area contributed by atoms with E-state index < -0.39 is 5.60 Å². The summed E-state index contributed by atoms with van der Waals surface area (Å²) in [5, 5.41) is 5.31. The maximum atomic E-state index is 12.6. The normalized spacial score (nSPS) is 13.4. The van der Waals surface area contributed by atoms with E-state index in [1.54, 1.807) is 34.7 Å². The zero-order chi connectivity index (χ0) is 22.7. The van der Waals surface area contributed by atoms with Gasteiger partial charge in [-0.25, -0.2) is 14.8 Å². The van der Waals surface area contributed by atoms with Gasteiger partial charge in [0.2, 0.25) is 0 Å². The van der Waals surface area contributed by atoms with E-state index in [4.69, 9.17) is 9.47 Å². The van der Waals surface area contributed by atoms with Crippen molar-refractivity contribution in [2.45, 2.75) is 45.9 Å². The Morgan fingerprint density at radius 2 is 2.00 bits per heavy atom. The van der Waals surface area contributed by atoms with Crippen molar-refractivity contribution in [3.63, 3.8) is 0 Å². The van der Waals surface area contributed by atoms with Crippen LogP contribution in [0, 0.1) is 0 Å². The molecule has 4 rings (SSSR count). The topological polar surface area (TPSA) is 93.7 Å². The summed E-state index contributed by atoms with van der Waals surface area (Å²) in [5.74, 6) is 0.424. The van der Waals surface area contributed by atoms with Crippen molar-refractivity contribution in [2.75, 3.05) is 11.9 Å². The van der Waals surface area contributed by atoms with Gasteiger partial charge in [-0.1, -0.05) is 11.3 Å². The summed E-state index contributed by atoms with van der Waals surface area (Å²) in [7, 11) is 0. The number of hydrogen-bond acceptors (Lipinski definition) is 8. The first-order valence-corrected chi connectivity index (χ1v) is 11.9. The second kappa shape index (κ2) is 9.25. The van der Waals surface area contributed by atoms with Crippen molar-refractivity contribution in [2.24, 2.45) is 0 Å². The zero-order valence-electron chi connectivity index (χ0n) is 18.1. The highest BCUT2D eigenvalue weighted by Gasteiger charge is 2.28. The van der Waals surface area contributed by atoms with Crippen LogP contribution in [-0.2, 0) is 24.3 Å². The lowest BCUT2D eigenvalue weighted by Crippen LogP contribution is -2.39. The van der Waals surface area contributed by atoms with E-state index in [1.165, 1.54) is 22.7 Å². The third kappa shape index (κ3) is 5.63. The van der Waals surface area contributed by atoms with E-state index in [2.05, 4.69) is 15.3 Å². The zero-order valence-corrected chi connectivity index (χ0v) is 19.7. The molecule has 3 aromatic rings. The highest BCUT2D eigenvalue weighted by atomic mass is 32.1. The lowest BCUT2D eigenvalue weighted by molar-refractivity contribution is 0.0225. The minimum Gasteiger partial charge on any atom is -0.487 e. The highest BCUT2D eigenvalue weighted by molar-refractivity contribution is 7.15. The molecule has 1 aromatic carbocycles. The molecule has 0 bridgehead atoms. The van der Waals surface area contributed by atoms with Crippen LogP contribution in [0.15, 0.2) is 35.2 Å². The molecule has 0 aliphatic carbocycles. The van der Waals surface area contributed by atoms with Crippen LogP contribution >= 0.6 is 22.7 Å². The van der Waals surface area contributed by atoms with E-state index in [9.17, 15) is 9.59 Å². The standard InChI is InChI=1S/C22H24N4O4S2/c1-22(2,3)30-21(28)26-9-8-17-18(10-26)32-20(24-17)25-19(27)14-4-6-16(7-5-14)29-11-15-12-31-13-23-15/h4-7,12-13H,8-11H2,1-3H3,(H,24,25,27). The van der Waals surface area contributed by atoms with E-state index in [0.29, 0.717) is 42.6 Å². The SMILES string of the molecule is CC(C)(C)OC(=O)N1CCc2nc(NC(=O)c3ccc(OCc4cscn4)cc3)sc2C1. The number of rotatable bonds is 5. The first-order chi connectivity index (χ1) is 15.3. The molecule has 1 N–H and O–H groups in total. The lowest BCUT2D eigenvalue weighted by atomic mass is 10.2. The highest BCUT2D eigenvalue weighted by Crippen LogP contribution is 2.29. The number of nitrogens with one attached hydrogen (secondary N) is 1. The van der Waals surface area contributed by atoms with E-state index in [0.717, 1.165) is 16.3 Å². The van der Waals surface area contributed by atoms with E-state index >= 15 is 0 Å². The summed E-state index contributed by atoms with van der Waals surface area (Å²) in [4.78, 5) is 36.3. The molecule has 8 nitrogen and oxygen atoms in total. The summed E-state index contributed by atoms with van der Waals surface area (Å²) < 4.78 is 11.1. The second-order valence-electron chi connectivity index (χ2n) is 8.29. The van der Waals surface area contributed by atoms with Crippen molar-refractivity contribution < 1.29 is 19.1 Å². The molecule has 1 aliphatic rings. The molecule has 0 saturated carbocycles. The minimum absolute atomic E-state index is 0.244. The van der Waals surface area contributed by atoms with E-state index in [1.807, 2.05) is 26.2 Å². The fourth-order valence-corrected chi connectivity index (χ4v) is 4.63. The number of fused-ring (bicyclic) bond motifs is 1. The van der Waals surface area contributed by atoms with Crippen molar-refractivity contribution >= 4 is 39.8 Å². The number of amides is 2. The molecule has 32 heavy (non-hydrogen) atoms. The number of anilines is 1. The third-order valence-electron chi connectivity index (χ3n) is 4.59. The fourth-order valence-electron chi connectivity index (χ4n) is 3.07. The first kappa shape index (κ1) is 22.2. The third-order valence-corrected chi connectivity index (χ3v) is 6.22. The molecule has 0 unspecified atom stereocenters. The molecule has 2 aromatic heterocycles. The Bertz CT molecular complexity index is 1090. The largest absolute Gasteiger partial charge is 0.487 e.